The van der Waals surface area contributed by atoms with Gasteiger partial charge in [0, 0.05) is 6.54 Å². The number of amides is 1. The molecule has 1 aromatic carbocycles. The molecule has 8 heteroatoms. The molecule has 25 heavy (non-hydrogen) atoms. The summed E-state index contributed by atoms with van der Waals surface area (Å²) in [6.45, 7) is 3.96. The lowest BCUT2D eigenvalue weighted by Gasteiger charge is -2.31. The van der Waals surface area contributed by atoms with Crippen molar-refractivity contribution in [3.63, 3.8) is 0 Å². The van der Waals surface area contributed by atoms with Crippen LogP contribution >= 0.6 is 0 Å². The number of carbonyl (C=O) groups excluding carboxylic acids is 1. The van der Waals surface area contributed by atoms with E-state index in [1.807, 2.05) is 0 Å². The number of ether oxygens (including phenoxy) is 1. The number of carbonyl (C=O) groups is 2. The molecule has 0 bridgehead atoms. The van der Waals surface area contributed by atoms with Crippen LogP contribution in [0, 0.1) is 19.7 Å². The van der Waals surface area contributed by atoms with Crippen LogP contribution in [0.4, 0.5) is 4.39 Å². The summed E-state index contributed by atoms with van der Waals surface area (Å²) < 4.78 is 19.8. The number of rotatable bonds is 3. The third-order valence-corrected chi connectivity index (χ3v) is 4.21. The minimum atomic E-state index is -1.09. The van der Waals surface area contributed by atoms with Crippen LogP contribution < -0.4 is 0 Å². The highest BCUT2D eigenvalue weighted by Crippen LogP contribution is 2.21. The normalized spacial score (nSPS) is 17.6. The van der Waals surface area contributed by atoms with Gasteiger partial charge in [-0.2, -0.15) is 5.10 Å². The van der Waals surface area contributed by atoms with E-state index < -0.39 is 12.1 Å². The fourth-order valence-electron chi connectivity index (χ4n) is 2.93. The van der Waals surface area contributed by atoms with Gasteiger partial charge in [0.1, 0.15) is 5.82 Å². The Kier molecular flexibility index (Phi) is 4.54. The van der Waals surface area contributed by atoms with Crippen LogP contribution in [0.2, 0.25) is 0 Å². The summed E-state index contributed by atoms with van der Waals surface area (Å²) in [5, 5.41) is 13.5. The van der Waals surface area contributed by atoms with Crippen LogP contribution in [-0.4, -0.2) is 57.5 Å². The van der Waals surface area contributed by atoms with Crippen molar-refractivity contribution in [1.82, 2.24) is 14.7 Å². The fraction of sp³-hybridized carbons (Fsp3) is 0.353. The molecule has 1 atom stereocenters. The Morgan fingerprint density at radius 2 is 1.96 bits per heavy atom. The van der Waals surface area contributed by atoms with E-state index >= 15 is 0 Å². The molecule has 1 amide bonds. The van der Waals surface area contributed by atoms with Gasteiger partial charge in [-0.15, -0.1) is 0 Å². The molecule has 0 aliphatic carbocycles. The Morgan fingerprint density at radius 3 is 2.60 bits per heavy atom. The highest BCUT2D eigenvalue weighted by atomic mass is 19.1. The maximum absolute atomic E-state index is 13.1. The number of carboxylic acids is 1. The lowest BCUT2D eigenvalue weighted by molar-refractivity contribution is -0.154. The van der Waals surface area contributed by atoms with Crippen LogP contribution in [0.25, 0.3) is 5.69 Å². The van der Waals surface area contributed by atoms with Crippen LogP contribution in [-0.2, 0) is 9.53 Å². The van der Waals surface area contributed by atoms with Crippen LogP contribution in [0.1, 0.15) is 21.7 Å². The van der Waals surface area contributed by atoms with Crippen molar-refractivity contribution in [2.75, 3.05) is 19.7 Å². The molecule has 1 aromatic heterocycles. The number of aliphatic carboxylic acids is 1. The first-order valence-corrected chi connectivity index (χ1v) is 7.84. The van der Waals surface area contributed by atoms with Gasteiger partial charge in [-0.3, -0.25) is 4.79 Å². The number of nitrogens with zero attached hydrogens (tertiary/aromatic N) is 3. The first-order valence-electron chi connectivity index (χ1n) is 7.84. The fourth-order valence-corrected chi connectivity index (χ4v) is 2.93. The van der Waals surface area contributed by atoms with E-state index in [0.29, 0.717) is 29.2 Å². The van der Waals surface area contributed by atoms with Crippen LogP contribution in [0.5, 0.6) is 0 Å². The molecule has 1 aliphatic rings. The van der Waals surface area contributed by atoms with E-state index in [4.69, 9.17) is 9.84 Å². The molecule has 0 unspecified atom stereocenters. The number of halogens is 1. The number of aryl methyl sites for hydroxylation is 1. The lowest BCUT2D eigenvalue weighted by Crippen LogP contribution is -2.48. The summed E-state index contributed by atoms with van der Waals surface area (Å²) in [5.41, 5.74) is 2.22. The molecular formula is C17H18FN3O4. The second kappa shape index (κ2) is 6.64. The molecule has 1 saturated heterocycles. The molecule has 0 radical (unpaired) electrons. The number of hydrogen-bond acceptors (Lipinski definition) is 4. The number of morpholine rings is 1. The monoisotopic (exact) mass is 347 g/mol. The Labute approximate surface area is 143 Å². The molecule has 7 nitrogen and oxygen atoms in total. The predicted octanol–water partition coefficient (Wildman–Crippen LogP) is 1.55. The standard InChI is InChI=1S/C17H18FN3O4/c1-10-15(16(22)20-7-8-25-14(9-20)17(23)24)11(2)21(19-10)13-5-3-12(18)4-6-13/h3-6,14H,7-9H2,1-2H3,(H,23,24)/t14-/m1/s1. The topological polar surface area (TPSA) is 84.7 Å². The Balaban J connectivity index is 1.91. The Bertz CT molecular complexity index is 816. The summed E-state index contributed by atoms with van der Waals surface area (Å²) >= 11 is 0. The maximum Gasteiger partial charge on any atom is 0.334 e. The first kappa shape index (κ1) is 17.1. The second-order valence-corrected chi connectivity index (χ2v) is 5.88. The van der Waals surface area contributed by atoms with Crippen LogP contribution in [0.3, 0.4) is 0 Å². The largest absolute Gasteiger partial charge is 0.479 e. The summed E-state index contributed by atoms with van der Waals surface area (Å²) in [6.07, 6.45) is -1.02. The Morgan fingerprint density at radius 1 is 1.28 bits per heavy atom. The SMILES string of the molecule is Cc1nn(-c2ccc(F)cc2)c(C)c1C(=O)N1CCO[C@@H](C(=O)O)C1. The van der Waals surface area contributed by atoms with E-state index in [9.17, 15) is 14.0 Å². The average molecular weight is 347 g/mol. The second-order valence-electron chi connectivity index (χ2n) is 5.88. The van der Waals surface area contributed by atoms with Crippen molar-refractivity contribution < 1.29 is 23.8 Å². The summed E-state index contributed by atoms with van der Waals surface area (Å²) in [5.74, 6) is -1.72. The quantitative estimate of drug-likeness (QED) is 0.911. The number of hydrogen-bond donors (Lipinski definition) is 1. The molecule has 2 aromatic rings. The van der Waals surface area contributed by atoms with E-state index in [-0.39, 0.29) is 24.9 Å². The Hall–Kier alpha value is -2.74. The van der Waals surface area contributed by atoms with Crippen molar-refractivity contribution in [2.45, 2.75) is 20.0 Å². The van der Waals surface area contributed by atoms with E-state index in [1.165, 1.54) is 17.0 Å². The minimum absolute atomic E-state index is 0.00518. The molecule has 1 aliphatic heterocycles. The molecule has 0 saturated carbocycles. The van der Waals surface area contributed by atoms with Crippen molar-refractivity contribution >= 4 is 11.9 Å². The van der Waals surface area contributed by atoms with Gasteiger partial charge in [-0.25, -0.2) is 13.9 Å². The average Bonchev–Trinajstić information content (AvgIpc) is 2.89. The van der Waals surface area contributed by atoms with E-state index in [1.54, 1.807) is 30.7 Å². The molecular weight excluding hydrogens is 329 g/mol. The zero-order chi connectivity index (χ0) is 18.1. The van der Waals surface area contributed by atoms with Crippen LogP contribution in [0.15, 0.2) is 24.3 Å². The number of benzene rings is 1. The molecule has 2 heterocycles. The van der Waals surface area contributed by atoms with Gasteiger partial charge in [0.25, 0.3) is 5.91 Å². The lowest BCUT2D eigenvalue weighted by atomic mass is 10.1. The first-order chi connectivity index (χ1) is 11.9. The van der Waals surface area contributed by atoms with Crippen molar-refractivity contribution in [1.29, 1.82) is 0 Å². The van der Waals surface area contributed by atoms with Gasteiger partial charge in [0.15, 0.2) is 6.10 Å². The van der Waals surface area contributed by atoms with E-state index in [2.05, 4.69) is 5.10 Å². The van der Waals surface area contributed by atoms with Gasteiger partial charge >= 0.3 is 5.97 Å². The predicted molar refractivity (Wildman–Crippen MR) is 86.3 cm³/mol. The van der Waals surface area contributed by atoms with Gasteiger partial charge < -0.3 is 14.7 Å². The zero-order valence-corrected chi connectivity index (χ0v) is 13.9. The minimum Gasteiger partial charge on any atom is -0.479 e. The maximum atomic E-state index is 13.1. The zero-order valence-electron chi connectivity index (χ0n) is 13.9. The molecule has 3 rings (SSSR count). The van der Waals surface area contributed by atoms with Crippen molar-refractivity contribution in [2.24, 2.45) is 0 Å². The summed E-state index contributed by atoms with van der Waals surface area (Å²) in [6, 6.07) is 5.82. The van der Waals surface area contributed by atoms with E-state index in [0.717, 1.165) is 0 Å². The smallest absolute Gasteiger partial charge is 0.334 e. The summed E-state index contributed by atoms with van der Waals surface area (Å²) in [7, 11) is 0. The molecule has 0 spiro atoms. The van der Waals surface area contributed by atoms with Gasteiger partial charge in [0.2, 0.25) is 0 Å². The van der Waals surface area contributed by atoms with Gasteiger partial charge in [-0.05, 0) is 38.1 Å². The van der Waals surface area contributed by atoms with Gasteiger partial charge in [-0.1, -0.05) is 0 Å². The number of carboxylic acid groups (broad SMARTS) is 1. The van der Waals surface area contributed by atoms with Crippen molar-refractivity contribution in [3.05, 3.63) is 47.0 Å². The highest BCUT2D eigenvalue weighted by molar-refractivity contribution is 5.97. The highest BCUT2D eigenvalue weighted by Gasteiger charge is 2.32. The van der Waals surface area contributed by atoms with Crippen molar-refractivity contribution in [3.8, 4) is 5.69 Å². The molecule has 132 valence electrons. The molecule has 1 fully saturated rings. The third-order valence-electron chi connectivity index (χ3n) is 4.21. The molecule has 1 N–H and O–H groups in total. The number of aromatic nitrogens is 2. The third kappa shape index (κ3) is 3.25. The summed E-state index contributed by atoms with van der Waals surface area (Å²) in [4.78, 5) is 25.4. The van der Waals surface area contributed by atoms with Gasteiger partial charge in [0.05, 0.1) is 35.8 Å².